The largest absolute Gasteiger partial charge is 0.339 e. The van der Waals surface area contributed by atoms with Crippen molar-refractivity contribution in [2.75, 3.05) is 13.1 Å². The second-order valence-electron chi connectivity index (χ2n) is 4.37. The van der Waals surface area contributed by atoms with Crippen molar-refractivity contribution in [2.45, 2.75) is 59.5 Å². The monoisotopic (exact) mass is 214 g/mol. The summed E-state index contributed by atoms with van der Waals surface area (Å²) < 4.78 is 0. The smallest absolute Gasteiger partial charge is 0.236 e. The lowest BCUT2D eigenvalue weighted by Gasteiger charge is -2.27. The van der Waals surface area contributed by atoms with Gasteiger partial charge in [-0.25, -0.2) is 0 Å². The average molecular weight is 214 g/mol. The van der Waals surface area contributed by atoms with Crippen LogP contribution in [0.2, 0.25) is 0 Å². The van der Waals surface area contributed by atoms with Gasteiger partial charge in [-0.1, -0.05) is 13.8 Å². The summed E-state index contributed by atoms with van der Waals surface area (Å²) in [6, 6.07) is 0.723. The van der Waals surface area contributed by atoms with E-state index in [1.807, 2.05) is 4.90 Å². The highest BCUT2D eigenvalue weighted by Gasteiger charge is 2.15. The zero-order chi connectivity index (χ0) is 11.8. The molecular formula is C12H26N2O. The summed E-state index contributed by atoms with van der Waals surface area (Å²) in [5, 5.41) is 3.23. The number of nitrogens with one attached hydrogen (secondary N) is 1. The van der Waals surface area contributed by atoms with Crippen LogP contribution in [-0.2, 0) is 4.79 Å². The van der Waals surface area contributed by atoms with Crippen LogP contribution in [0.1, 0.15) is 47.5 Å². The minimum atomic E-state index is 0.215. The third-order valence-corrected chi connectivity index (χ3v) is 2.62. The number of hydrogen-bond acceptors (Lipinski definition) is 2. The molecule has 0 aromatic heterocycles. The van der Waals surface area contributed by atoms with Gasteiger partial charge in [-0.15, -0.1) is 0 Å². The van der Waals surface area contributed by atoms with Crippen LogP contribution in [0.5, 0.6) is 0 Å². The van der Waals surface area contributed by atoms with Crippen molar-refractivity contribution in [1.82, 2.24) is 10.2 Å². The summed E-state index contributed by atoms with van der Waals surface area (Å²) in [4.78, 5) is 13.8. The fraction of sp³-hybridized carbons (Fsp3) is 0.917. The van der Waals surface area contributed by atoms with Crippen LogP contribution in [0.3, 0.4) is 0 Å². The van der Waals surface area contributed by atoms with E-state index in [0.717, 1.165) is 19.4 Å². The molecule has 0 heterocycles. The molecule has 0 rings (SSSR count). The van der Waals surface area contributed by atoms with Crippen LogP contribution in [0.15, 0.2) is 0 Å². The van der Waals surface area contributed by atoms with Gasteiger partial charge < -0.3 is 10.2 Å². The van der Waals surface area contributed by atoms with Gasteiger partial charge >= 0.3 is 0 Å². The quantitative estimate of drug-likeness (QED) is 0.703. The second kappa shape index (κ2) is 7.69. The predicted molar refractivity (Wildman–Crippen MR) is 64.9 cm³/mol. The maximum absolute atomic E-state index is 11.9. The molecule has 3 nitrogen and oxygen atoms in total. The van der Waals surface area contributed by atoms with Gasteiger partial charge in [0.1, 0.15) is 0 Å². The lowest BCUT2D eigenvalue weighted by molar-refractivity contribution is -0.132. The molecule has 0 aliphatic heterocycles. The molecule has 0 aliphatic carbocycles. The minimum Gasteiger partial charge on any atom is -0.339 e. The van der Waals surface area contributed by atoms with Gasteiger partial charge in [-0.05, 0) is 33.6 Å². The standard InChI is InChI=1S/C12H26N2O/c1-6-8-14(10(3)4)12(15)9-13-11(5)7-2/h10-11,13H,6-9H2,1-5H3. The summed E-state index contributed by atoms with van der Waals surface area (Å²) in [6.45, 7) is 11.8. The fourth-order valence-corrected chi connectivity index (χ4v) is 1.42. The second-order valence-corrected chi connectivity index (χ2v) is 4.37. The van der Waals surface area contributed by atoms with E-state index in [4.69, 9.17) is 0 Å². The molecule has 15 heavy (non-hydrogen) atoms. The zero-order valence-electron chi connectivity index (χ0n) is 10.8. The van der Waals surface area contributed by atoms with Crippen molar-refractivity contribution in [3.05, 3.63) is 0 Å². The fourth-order valence-electron chi connectivity index (χ4n) is 1.42. The Balaban J connectivity index is 4.03. The van der Waals surface area contributed by atoms with E-state index in [0.29, 0.717) is 18.6 Å². The Kier molecular flexibility index (Phi) is 7.39. The van der Waals surface area contributed by atoms with Crippen molar-refractivity contribution in [2.24, 2.45) is 0 Å². The molecule has 90 valence electrons. The van der Waals surface area contributed by atoms with Crippen LogP contribution in [0, 0.1) is 0 Å². The van der Waals surface area contributed by atoms with E-state index in [1.165, 1.54) is 0 Å². The summed E-state index contributed by atoms with van der Waals surface area (Å²) >= 11 is 0. The molecule has 0 bridgehead atoms. The molecule has 0 fully saturated rings. The van der Waals surface area contributed by atoms with Crippen LogP contribution in [0.25, 0.3) is 0 Å². The van der Waals surface area contributed by atoms with Gasteiger partial charge in [0.2, 0.25) is 5.91 Å². The maximum Gasteiger partial charge on any atom is 0.236 e. The molecule has 0 saturated carbocycles. The van der Waals surface area contributed by atoms with E-state index in [-0.39, 0.29) is 5.91 Å². The molecule has 1 unspecified atom stereocenters. The summed E-state index contributed by atoms with van der Waals surface area (Å²) in [7, 11) is 0. The van der Waals surface area contributed by atoms with Crippen molar-refractivity contribution in [1.29, 1.82) is 0 Å². The first-order chi connectivity index (χ1) is 7.02. The highest BCUT2D eigenvalue weighted by molar-refractivity contribution is 5.78. The van der Waals surface area contributed by atoms with Crippen molar-refractivity contribution >= 4 is 5.91 Å². The normalized spacial score (nSPS) is 12.9. The van der Waals surface area contributed by atoms with E-state index < -0.39 is 0 Å². The lowest BCUT2D eigenvalue weighted by Crippen LogP contribution is -2.44. The number of carbonyl (C=O) groups excluding carboxylic acids is 1. The van der Waals surface area contributed by atoms with E-state index >= 15 is 0 Å². The Morgan fingerprint density at radius 2 is 1.87 bits per heavy atom. The van der Waals surface area contributed by atoms with Crippen molar-refractivity contribution < 1.29 is 4.79 Å². The third-order valence-electron chi connectivity index (χ3n) is 2.62. The predicted octanol–water partition coefficient (Wildman–Crippen LogP) is 2.02. The van der Waals surface area contributed by atoms with Gasteiger partial charge in [0, 0.05) is 18.6 Å². The van der Waals surface area contributed by atoms with Gasteiger partial charge in [-0.3, -0.25) is 4.79 Å². The Hall–Kier alpha value is -0.570. The van der Waals surface area contributed by atoms with Crippen molar-refractivity contribution in [3.63, 3.8) is 0 Å². The van der Waals surface area contributed by atoms with Crippen LogP contribution in [0.4, 0.5) is 0 Å². The summed E-state index contributed by atoms with van der Waals surface area (Å²) in [5.74, 6) is 0.215. The molecule has 0 aromatic rings. The SMILES string of the molecule is CCCN(C(=O)CNC(C)CC)C(C)C. The summed E-state index contributed by atoms with van der Waals surface area (Å²) in [5.41, 5.74) is 0. The molecular weight excluding hydrogens is 188 g/mol. The van der Waals surface area contributed by atoms with E-state index in [1.54, 1.807) is 0 Å². The van der Waals surface area contributed by atoms with E-state index in [2.05, 4.69) is 39.9 Å². The molecule has 0 aromatic carbocycles. The highest BCUT2D eigenvalue weighted by atomic mass is 16.2. The topological polar surface area (TPSA) is 32.3 Å². The van der Waals surface area contributed by atoms with Crippen LogP contribution < -0.4 is 5.32 Å². The highest BCUT2D eigenvalue weighted by Crippen LogP contribution is 2.00. The first-order valence-electron chi connectivity index (χ1n) is 6.05. The lowest BCUT2D eigenvalue weighted by atomic mass is 10.2. The Labute approximate surface area is 94.2 Å². The Morgan fingerprint density at radius 1 is 1.27 bits per heavy atom. The maximum atomic E-state index is 11.9. The van der Waals surface area contributed by atoms with Gasteiger partial charge in [0.05, 0.1) is 6.54 Å². The average Bonchev–Trinajstić information content (AvgIpc) is 2.21. The number of carbonyl (C=O) groups is 1. The van der Waals surface area contributed by atoms with Gasteiger partial charge in [-0.2, -0.15) is 0 Å². The van der Waals surface area contributed by atoms with Gasteiger partial charge in [0.15, 0.2) is 0 Å². The van der Waals surface area contributed by atoms with E-state index in [9.17, 15) is 4.79 Å². The van der Waals surface area contributed by atoms with Crippen molar-refractivity contribution in [3.8, 4) is 0 Å². The number of amides is 1. The molecule has 0 saturated heterocycles. The zero-order valence-corrected chi connectivity index (χ0v) is 10.8. The molecule has 0 aliphatic rings. The Morgan fingerprint density at radius 3 is 2.27 bits per heavy atom. The van der Waals surface area contributed by atoms with Crippen LogP contribution >= 0.6 is 0 Å². The molecule has 1 N–H and O–H groups in total. The minimum absolute atomic E-state index is 0.215. The molecule has 3 heteroatoms. The number of rotatable bonds is 7. The molecule has 1 amide bonds. The Bertz CT molecular complexity index is 180. The first-order valence-corrected chi connectivity index (χ1v) is 6.05. The number of hydrogen-bond donors (Lipinski definition) is 1. The molecule has 1 atom stereocenters. The molecule has 0 radical (unpaired) electrons. The first kappa shape index (κ1) is 14.4. The van der Waals surface area contributed by atoms with Crippen LogP contribution in [-0.4, -0.2) is 36.0 Å². The third kappa shape index (κ3) is 5.78. The number of nitrogens with zero attached hydrogens (tertiary/aromatic N) is 1. The molecule has 0 spiro atoms. The summed E-state index contributed by atoms with van der Waals surface area (Å²) in [6.07, 6.45) is 2.08. The van der Waals surface area contributed by atoms with Gasteiger partial charge in [0.25, 0.3) is 0 Å².